The molecule has 0 bridgehead atoms. The number of carbonyl (C=O) groups excluding carboxylic acids is 1. The molecule has 25 heavy (non-hydrogen) atoms. The number of aromatic nitrogens is 3. The molecule has 1 atom stereocenters. The van der Waals surface area contributed by atoms with Gasteiger partial charge in [0.05, 0.1) is 7.11 Å². The first kappa shape index (κ1) is 15.3. The van der Waals surface area contributed by atoms with Crippen LogP contribution in [0, 0.1) is 0 Å². The molecule has 0 amide bonds. The van der Waals surface area contributed by atoms with Crippen molar-refractivity contribution in [1.82, 2.24) is 15.2 Å². The van der Waals surface area contributed by atoms with Gasteiger partial charge < -0.3 is 4.74 Å². The first-order chi connectivity index (χ1) is 12.2. The third-order valence-corrected chi connectivity index (χ3v) is 4.74. The molecule has 1 N–H and O–H groups in total. The van der Waals surface area contributed by atoms with Crippen molar-refractivity contribution in [3.63, 3.8) is 0 Å². The van der Waals surface area contributed by atoms with Gasteiger partial charge in [0.2, 0.25) is 0 Å². The molecule has 4 rings (SSSR count). The minimum atomic E-state index is -0.432. The van der Waals surface area contributed by atoms with Crippen molar-refractivity contribution in [3.8, 4) is 0 Å². The Kier molecular flexibility index (Phi) is 3.69. The molecule has 0 aliphatic heterocycles. The molecule has 0 fully saturated rings. The molecule has 1 aromatic carbocycles. The summed E-state index contributed by atoms with van der Waals surface area (Å²) < 4.78 is 4.82. The van der Waals surface area contributed by atoms with E-state index in [1.54, 1.807) is 12.4 Å². The monoisotopic (exact) mass is 331 g/mol. The molecule has 1 unspecified atom stereocenters. The number of hydrogen-bond donors (Lipinski definition) is 1. The third-order valence-electron chi connectivity index (χ3n) is 4.74. The minimum Gasteiger partial charge on any atom is -0.464 e. The van der Waals surface area contributed by atoms with E-state index in [0.717, 1.165) is 16.8 Å². The zero-order valence-electron chi connectivity index (χ0n) is 13.8. The van der Waals surface area contributed by atoms with Crippen molar-refractivity contribution >= 4 is 12.0 Å². The Labute approximate surface area is 145 Å². The van der Waals surface area contributed by atoms with Gasteiger partial charge in [0, 0.05) is 35.5 Å². The lowest BCUT2D eigenvalue weighted by Crippen LogP contribution is -2.30. The van der Waals surface area contributed by atoms with Gasteiger partial charge in [-0.15, -0.1) is 0 Å². The summed E-state index contributed by atoms with van der Waals surface area (Å²) in [5.41, 5.74) is 4.03. The fourth-order valence-electron chi connectivity index (χ4n) is 3.46. The highest BCUT2D eigenvalue weighted by atomic mass is 16.5. The Balaban J connectivity index is 1.87. The van der Waals surface area contributed by atoms with Gasteiger partial charge in [-0.05, 0) is 23.3 Å². The quantitative estimate of drug-likeness (QED) is 0.749. The Morgan fingerprint density at radius 2 is 1.84 bits per heavy atom. The fraction of sp³-hybridized carbons (Fsp3) is 0.150. The third kappa shape index (κ3) is 2.45. The van der Waals surface area contributed by atoms with E-state index >= 15 is 0 Å². The summed E-state index contributed by atoms with van der Waals surface area (Å²) in [7, 11) is 1.36. The molecule has 2 aromatic heterocycles. The summed E-state index contributed by atoms with van der Waals surface area (Å²) in [6, 6.07) is 14.4. The number of methoxy groups -OCH3 is 1. The number of allylic oxidation sites excluding steroid dienone is 1. The number of hydrogen-bond acceptors (Lipinski definition) is 4. The zero-order chi connectivity index (χ0) is 17.3. The van der Waals surface area contributed by atoms with Crippen LogP contribution >= 0.6 is 0 Å². The molecule has 0 spiro atoms. The van der Waals surface area contributed by atoms with Gasteiger partial charge in [0.1, 0.15) is 0 Å². The van der Waals surface area contributed by atoms with E-state index in [9.17, 15) is 4.79 Å². The number of pyridine rings is 1. The number of aromatic amines is 1. The lowest BCUT2D eigenvalue weighted by atomic mass is 9.68. The smallest absolute Gasteiger partial charge is 0.359 e. The van der Waals surface area contributed by atoms with E-state index in [1.807, 2.05) is 36.4 Å². The second-order valence-corrected chi connectivity index (χ2v) is 6.04. The summed E-state index contributed by atoms with van der Waals surface area (Å²) in [5, 5.41) is 7.18. The number of esters is 1. The van der Waals surface area contributed by atoms with Crippen LogP contribution in [0.1, 0.15) is 32.9 Å². The van der Waals surface area contributed by atoms with E-state index in [-0.39, 0.29) is 5.41 Å². The molecule has 1 aliphatic rings. The highest BCUT2D eigenvalue weighted by Gasteiger charge is 2.37. The van der Waals surface area contributed by atoms with Crippen LogP contribution in [-0.2, 0) is 16.6 Å². The van der Waals surface area contributed by atoms with Gasteiger partial charge >= 0.3 is 5.97 Å². The molecule has 5 nitrogen and oxygen atoms in total. The zero-order valence-corrected chi connectivity index (χ0v) is 13.8. The molecular weight excluding hydrogens is 314 g/mol. The molecule has 0 radical (unpaired) electrons. The van der Waals surface area contributed by atoms with Crippen LogP contribution < -0.4 is 0 Å². The van der Waals surface area contributed by atoms with E-state index in [0.29, 0.717) is 12.1 Å². The largest absolute Gasteiger partial charge is 0.464 e. The predicted molar refractivity (Wildman–Crippen MR) is 94.1 cm³/mol. The first-order valence-corrected chi connectivity index (χ1v) is 8.05. The SMILES string of the molecule is COC(=O)c1n[nH]c2c1C=CC(c1ccccc1)(c1ccncc1)C2. The minimum absolute atomic E-state index is 0.324. The maximum atomic E-state index is 11.9. The molecule has 0 saturated heterocycles. The van der Waals surface area contributed by atoms with Gasteiger partial charge in [0.25, 0.3) is 0 Å². The Morgan fingerprint density at radius 3 is 2.56 bits per heavy atom. The van der Waals surface area contributed by atoms with E-state index < -0.39 is 5.97 Å². The summed E-state index contributed by atoms with van der Waals surface area (Å²) in [6.07, 6.45) is 8.38. The Bertz CT molecular complexity index is 891. The van der Waals surface area contributed by atoms with Gasteiger partial charge in [-0.3, -0.25) is 10.1 Å². The van der Waals surface area contributed by atoms with Crippen molar-refractivity contribution in [3.05, 3.63) is 89.0 Å². The van der Waals surface area contributed by atoms with Gasteiger partial charge in [-0.25, -0.2) is 4.79 Å². The van der Waals surface area contributed by atoms with Gasteiger partial charge in [-0.1, -0.05) is 42.5 Å². The van der Waals surface area contributed by atoms with Crippen molar-refractivity contribution in [1.29, 1.82) is 0 Å². The summed E-state index contributed by atoms with van der Waals surface area (Å²) in [6.45, 7) is 0. The van der Waals surface area contributed by atoms with Crippen LogP contribution in [0.4, 0.5) is 0 Å². The van der Waals surface area contributed by atoms with Crippen molar-refractivity contribution in [2.75, 3.05) is 7.11 Å². The highest BCUT2D eigenvalue weighted by molar-refractivity contribution is 5.92. The molecule has 0 saturated carbocycles. The van der Waals surface area contributed by atoms with Gasteiger partial charge in [-0.2, -0.15) is 5.10 Å². The average molecular weight is 331 g/mol. The normalized spacial score (nSPS) is 18.6. The second-order valence-electron chi connectivity index (χ2n) is 6.04. The summed E-state index contributed by atoms with van der Waals surface area (Å²) >= 11 is 0. The molecule has 124 valence electrons. The Morgan fingerprint density at radius 1 is 1.12 bits per heavy atom. The molecular formula is C20H17N3O2. The lowest BCUT2D eigenvalue weighted by Gasteiger charge is -2.34. The number of ether oxygens (including phenoxy) is 1. The number of nitrogens with zero attached hydrogens (tertiary/aromatic N) is 2. The Hall–Kier alpha value is -3.21. The van der Waals surface area contributed by atoms with Crippen LogP contribution in [0.15, 0.2) is 60.9 Å². The first-order valence-electron chi connectivity index (χ1n) is 8.05. The standard InChI is InChI=1S/C20H17N3O2/c1-25-19(24)18-16-7-10-20(13-17(16)22-23-18,14-5-3-2-4-6-14)15-8-11-21-12-9-15/h2-12H,13H2,1H3,(H,22,23). The summed E-state index contributed by atoms with van der Waals surface area (Å²) in [4.78, 5) is 16.0. The number of benzene rings is 1. The van der Waals surface area contributed by atoms with E-state index in [4.69, 9.17) is 4.74 Å². The average Bonchev–Trinajstić information content (AvgIpc) is 3.11. The molecule has 1 aliphatic carbocycles. The van der Waals surface area contributed by atoms with E-state index in [1.165, 1.54) is 12.7 Å². The fourth-order valence-corrected chi connectivity index (χ4v) is 3.46. The highest BCUT2D eigenvalue weighted by Crippen LogP contribution is 2.41. The van der Waals surface area contributed by atoms with Crippen LogP contribution in [-0.4, -0.2) is 28.3 Å². The van der Waals surface area contributed by atoms with Crippen molar-refractivity contribution in [2.45, 2.75) is 11.8 Å². The van der Waals surface area contributed by atoms with Crippen molar-refractivity contribution < 1.29 is 9.53 Å². The topological polar surface area (TPSA) is 67.9 Å². The maximum absolute atomic E-state index is 11.9. The number of carbonyl (C=O) groups is 1. The molecule has 3 aromatic rings. The van der Waals surface area contributed by atoms with Gasteiger partial charge in [0.15, 0.2) is 5.69 Å². The molecule has 2 heterocycles. The second kappa shape index (κ2) is 6.02. The maximum Gasteiger partial charge on any atom is 0.359 e. The molecule has 5 heteroatoms. The van der Waals surface area contributed by atoms with Crippen LogP contribution in [0.25, 0.3) is 6.08 Å². The number of fused-ring (bicyclic) bond motifs is 1. The van der Waals surface area contributed by atoms with Crippen LogP contribution in [0.3, 0.4) is 0 Å². The van der Waals surface area contributed by atoms with Crippen LogP contribution in [0.5, 0.6) is 0 Å². The summed E-state index contributed by atoms with van der Waals surface area (Å²) in [5.74, 6) is -0.432. The lowest BCUT2D eigenvalue weighted by molar-refractivity contribution is 0.0593. The van der Waals surface area contributed by atoms with E-state index in [2.05, 4.69) is 33.4 Å². The van der Waals surface area contributed by atoms with Crippen molar-refractivity contribution in [2.24, 2.45) is 0 Å². The van der Waals surface area contributed by atoms with Crippen LogP contribution in [0.2, 0.25) is 0 Å². The number of H-pyrrole nitrogens is 1. The number of rotatable bonds is 3. The number of nitrogens with one attached hydrogen (secondary N) is 1. The predicted octanol–water partition coefficient (Wildman–Crippen LogP) is 3.15.